The van der Waals surface area contributed by atoms with Gasteiger partial charge in [-0.05, 0) is 43.3 Å². The average molecular weight is 267 g/mol. The molecular weight excluding hydrogens is 244 g/mol. The van der Waals surface area contributed by atoms with Gasteiger partial charge in [-0.2, -0.15) is 0 Å². The predicted molar refractivity (Wildman–Crippen MR) is 86.2 cm³/mol. The molecule has 0 aliphatic heterocycles. The summed E-state index contributed by atoms with van der Waals surface area (Å²) in [5.41, 5.74) is 5.26. The topological polar surface area (TPSA) is 6.48 Å². The maximum absolute atomic E-state index is 3.26. The Balaban J connectivity index is 2.23. The Morgan fingerprint density at radius 2 is 1.65 bits per heavy atom. The highest BCUT2D eigenvalue weighted by Crippen LogP contribution is 2.19. The van der Waals surface area contributed by atoms with Crippen molar-refractivity contribution in [2.24, 2.45) is 0 Å². The molecule has 0 spiro atoms. The van der Waals surface area contributed by atoms with Gasteiger partial charge < -0.3 is 9.80 Å². The molecule has 2 heteroatoms. The first-order chi connectivity index (χ1) is 9.56. The van der Waals surface area contributed by atoms with Gasteiger partial charge >= 0.3 is 0 Å². The van der Waals surface area contributed by atoms with Crippen LogP contribution in [0.3, 0.4) is 0 Å². The third-order valence-electron chi connectivity index (χ3n) is 3.33. The molecule has 2 rings (SSSR count). The van der Waals surface area contributed by atoms with Gasteiger partial charge in [-0.15, -0.1) is 0 Å². The molecule has 0 saturated carbocycles. The third-order valence-corrected chi connectivity index (χ3v) is 3.33. The van der Waals surface area contributed by atoms with Gasteiger partial charge in [0, 0.05) is 32.4 Å². The van der Waals surface area contributed by atoms with Crippen molar-refractivity contribution < 1.29 is 0 Å². The van der Waals surface area contributed by atoms with E-state index in [0.29, 0.717) is 0 Å². The number of rotatable bonds is 5. The summed E-state index contributed by atoms with van der Waals surface area (Å²) in [5.74, 6) is 0. The van der Waals surface area contributed by atoms with Crippen LogP contribution in [0.2, 0.25) is 0 Å². The zero-order chi connectivity index (χ0) is 14.5. The van der Waals surface area contributed by atoms with Crippen LogP contribution in [0.1, 0.15) is 16.7 Å². The van der Waals surface area contributed by atoms with Crippen LogP contribution in [0.4, 0.5) is 5.69 Å². The summed E-state index contributed by atoms with van der Waals surface area (Å²) < 4.78 is 0. The van der Waals surface area contributed by atoms with Crippen LogP contribution in [0.25, 0.3) is 0 Å². The summed E-state index contributed by atoms with van der Waals surface area (Å²) in [7, 11) is 8.32. The lowest BCUT2D eigenvalue weighted by atomic mass is 9.99. The standard InChI is InChI=1S/C18H23N2/c1-19(2)14-17-10-6-5-9-16(17)12-15-8-7-11-18(13-15)20(3)4/h5-10,13H,12,14H2,1-4H3. The molecule has 0 aliphatic carbocycles. The van der Waals surface area contributed by atoms with E-state index in [1.165, 1.54) is 16.7 Å². The molecule has 0 atom stereocenters. The maximum Gasteiger partial charge on any atom is 0.0444 e. The van der Waals surface area contributed by atoms with Gasteiger partial charge in [-0.3, -0.25) is 0 Å². The molecular formula is C18H23N2. The van der Waals surface area contributed by atoms with Crippen molar-refractivity contribution in [2.45, 2.75) is 13.0 Å². The molecule has 0 amide bonds. The van der Waals surface area contributed by atoms with E-state index in [-0.39, 0.29) is 0 Å². The molecule has 0 heterocycles. The lowest BCUT2D eigenvalue weighted by Gasteiger charge is -2.16. The molecule has 105 valence electrons. The van der Waals surface area contributed by atoms with Crippen molar-refractivity contribution >= 4 is 5.69 Å². The Labute approximate surface area is 122 Å². The minimum absolute atomic E-state index is 0.972. The predicted octanol–water partition coefficient (Wildman–Crippen LogP) is 3.21. The lowest BCUT2D eigenvalue weighted by Crippen LogP contribution is -2.12. The molecule has 0 fully saturated rings. The number of hydrogen-bond donors (Lipinski definition) is 0. The summed E-state index contributed by atoms with van der Waals surface area (Å²) in [6.07, 6.45) is 0.972. The first-order valence-electron chi connectivity index (χ1n) is 6.95. The van der Waals surface area contributed by atoms with E-state index in [9.17, 15) is 0 Å². The molecule has 20 heavy (non-hydrogen) atoms. The summed E-state index contributed by atoms with van der Waals surface area (Å²) in [6, 6.07) is 18.3. The second-order valence-electron chi connectivity index (χ2n) is 5.66. The fourth-order valence-corrected chi connectivity index (χ4v) is 2.31. The molecule has 2 nitrogen and oxygen atoms in total. The molecule has 0 bridgehead atoms. The van der Waals surface area contributed by atoms with Gasteiger partial charge in [0.1, 0.15) is 0 Å². The van der Waals surface area contributed by atoms with E-state index in [1.807, 2.05) is 6.07 Å². The Hall–Kier alpha value is -1.80. The van der Waals surface area contributed by atoms with Gasteiger partial charge in [0.2, 0.25) is 0 Å². The number of anilines is 1. The third kappa shape index (κ3) is 3.84. The second kappa shape index (κ2) is 6.58. The van der Waals surface area contributed by atoms with Gasteiger partial charge in [0.05, 0.1) is 0 Å². The fourth-order valence-electron chi connectivity index (χ4n) is 2.31. The summed E-state index contributed by atoms with van der Waals surface area (Å²) in [4.78, 5) is 4.30. The van der Waals surface area contributed by atoms with E-state index >= 15 is 0 Å². The quantitative estimate of drug-likeness (QED) is 0.821. The molecule has 1 radical (unpaired) electrons. The van der Waals surface area contributed by atoms with Crippen molar-refractivity contribution in [3.8, 4) is 0 Å². The highest BCUT2D eigenvalue weighted by molar-refractivity contribution is 5.47. The van der Waals surface area contributed by atoms with Gasteiger partial charge in [0.25, 0.3) is 0 Å². The molecule has 2 aromatic carbocycles. The smallest absolute Gasteiger partial charge is 0.0444 e. The van der Waals surface area contributed by atoms with E-state index in [0.717, 1.165) is 18.7 Å². The summed E-state index contributed by atoms with van der Waals surface area (Å²) in [5, 5.41) is 0. The highest BCUT2D eigenvalue weighted by atomic mass is 15.1. The van der Waals surface area contributed by atoms with Crippen LogP contribution in [0.5, 0.6) is 0 Å². The van der Waals surface area contributed by atoms with Crippen molar-refractivity contribution in [3.05, 3.63) is 65.2 Å². The largest absolute Gasteiger partial charge is 0.377 e. The Morgan fingerprint density at radius 1 is 0.950 bits per heavy atom. The van der Waals surface area contributed by atoms with Crippen LogP contribution < -0.4 is 4.90 Å². The SMILES string of the molecule is CN(C)Cc1ccccc1Cc1cc[c]c(N(C)C)c1. The van der Waals surface area contributed by atoms with Gasteiger partial charge in [-0.1, -0.05) is 36.4 Å². The van der Waals surface area contributed by atoms with Crippen LogP contribution in [-0.2, 0) is 13.0 Å². The Bertz CT molecular complexity index is 559. The number of hydrogen-bond acceptors (Lipinski definition) is 2. The summed E-state index contributed by atoms with van der Waals surface area (Å²) in [6.45, 7) is 0.982. The average Bonchev–Trinajstić information content (AvgIpc) is 2.41. The fraction of sp³-hybridized carbons (Fsp3) is 0.333. The number of benzene rings is 2. The minimum atomic E-state index is 0.972. The van der Waals surface area contributed by atoms with Gasteiger partial charge in [-0.25, -0.2) is 0 Å². The molecule has 2 aromatic rings. The molecule has 0 aromatic heterocycles. The van der Waals surface area contributed by atoms with Crippen molar-refractivity contribution in [1.82, 2.24) is 4.90 Å². The first kappa shape index (κ1) is 14.6. The zero-order valence-electron chi connectivity index (χ0n) is 12.9. The van der Waals surface area contributed by atoms with Crippen molar-refractivity contribution in [3.63, 3.8) is 0 Å². The summed E-state index contributed by atoms with van der Waals surface area (Å²) >= 11 is 0. The zero-order valence-corrected chi connectivity index (χ0v) is 12.9. The van der Waals surface area contributed by atoms with Crippen LogP contribution in [0.15, 0.2) is 42.5 Å². The molecule has 0 aliphatic rings. The lowest BCUT2D eigenvalue weighted by molar-refractivity contribution is 0.401. The molecule has 0 saturated heterocycles. The minimum Gasteiger partial charge on any atom is -0.377 e. The molecule has 0 N–H and O–H groups in total. The first-order valence-corrected chi connectivity index (χ1v) is 6.95. The normalized spacial score (nSPS) is 10.8. The van der Waals surface area contributed by atoms with Crippen molar-refractivity contribution in [1.29, 1.82) is 0 Å². The maximum atomic E-state index is 3.26. The Morgan fingerprint density at radius 3 is 2.30 bits per heavy atom. The van der Waals surface area contributed by atoms with Crippen LogP contribution in [0, 0.1) is 6.07 Å². The van der Waals surface area contributed by atoms with Crippen molar-refractivity contribution in [2.75, 3.05) is 33.1 Å². The van der Waals surface area contributed by atoms with Crippen LogP contribution >= 0.6 is 0 Å². The highest BCUT2D eigenvalue weighted by Gasteiger charge is 2.05. The van der Waals surface area contributed by atoms with Crippen LogP contribution in [-0.4, -0.2) is 33.1 Å². The van der Waals surface area contributed by atoms with E-state index < -0.39 is 0 Å². The second-order valence-corrected chi connectivity index (χ2v) is 5.66. The van der Waals surface area contributed by atoms with E-state index in [4.69, 9.17) is 0 Å². The van der Waals surface area contributed by atoms with E-state index in [1.54, 1.807) is 0 Å². The Kier molecular flexibility index (Phi) is 4.80. The van der Waals surface area contributed by atoms with Gasteiger partial charge in [0.15, 0.2) is 0 Å². The van der Waals surface area contributed by atoms with E-state index in [2.05, 4.69) is 80.5 Å². The molecule has 0 unspecified atom stereocenters. The number of nitrogens with zero attached hydrogens (tertiary/aromatic N) is 2. The monoisotopic (exact) mass is 267 g/mol.